The van der Waals surface area contributed by atoms with Gasteiger partial charge in [-0.25, -0.2) is 0 Å². The molecule has 1 aliphatic heterocycles. The highest BCUT2D eigenvalue weighted by atomic mass is 35.5. The Labute approximate surface area is 163 Å². The van der Waals surface area contributed by atoms with Crippen LogP contribution in [0, 0.1) is 0 Å². The van der Waals surface area contributed by atoms with E-state index in [1.54, 1.807) is 49.6 Å². The van der Waals surface area contributed by atoms with E-state index in [1.165, 1.54) is 0 Å². The van der Waals surface area contributed by atoms with Crippen molar-refractivity contribution in [2.45, 2.75) is 0 Å². The summed E-state index contributed by atoms with van der Waals surface area (Å²) in [5, 5.41) is 3.16. The number of rotatable bonds is 4. The standard InChI is InChI=1S/C20H22ClN3O3/c1-23-9-11-24(12-10-23)20(26)15-5-8-17(21)18(13-15)22-19(25)14-3-6-16(27-2)7-4-14/h3-8,13H,9-12H2,1-2H3,(H,22,25). The SMILES string of the molecule is COc1ccc(C(=O)Nc2cc(C(=O)N3CCN(C)CC3)ccc2Cl)cc1. The van der Waals surface area contributed by atoms with Crippen LogP contribution in [-0.4, -0.2) is 62.0 Å². The Morgan fingerprint density at radius 3 is 2.26 bits per heavy atom. The first kappa shape index (κ1) is 19.2. The summed E-state index contributed by atoms with van der Waals surface area (Å²) in [4.78, 5) is 29.2. The third kappa shape index (κ3) is 4.59. The van der Waals surface area contributed by atoms with Crippen molar-refractivity contribution in [2.75, 3.05) is 45.7 Å². The fourth-order valence-corrected chi connectivity index (χ4v) is 3.05. The number of anilines is 1. The molecule has 0 spiro atoms. The Hall–Kier alpha value is -2.57. The lowest BCUT2D eigenvalue weighted by molar-refractivity contribution is 0.0664. The minimum absolute atomic E-state index is 0.0558. The van der Waals surface area contributed by atoms with Gasteiger partial charge in [0.25, 0.3) is 11.8 Å². The number of benzene rings is 2. The number of carbonyl (C=O) groups excluding carboxylic acids is 2. The highest BCUT2D eigenvalue weighted by molar-refractivity contribution is 6.34. The molecule has 1 saturated heterocycles. The predicted octanol–water partition coefficient (Wildman–Crippen LogP) is 2.99. The van der Waals surface area contributed by atoms with Gasteiger partial charge >= 0.3 is 0 Å². The van der Waals surface area contributed by atoms with E-state index in [2.05, 4.69) is 10.2 Å². The molecular formula is C20H22ClN3O3. The number of amides is 2. The zero-order valence-electron chi connectivity index (χ0n) is 15.4. The summed E-state index contributed by atoms with van der Waals surface area (Å²) in [6.45, 7) is 3.07. The predicted molar refractivity (Wildman–Crippen MR) is 106 cm³/mol. The van der Waals surface area contributed by atoms with Gasteiger partial charge in [-0.05, 0) is 49.5 Å². The number of piperazine rings is 1. The topological polar surface area (TPSA) is 61.9 Å². The van der Waals surface area contributed by atoms with Crippen LogP contribution in [0.4, 0.5) is 5.69 Å². The van der Waals surface area contributed by atoms with Gasteiger partial charge in [0.2, 0.25) is 0 Å². The van der Waals surface area contributed by atoms with Crippen LogP contribution in [-0.2, 0) is 0 Å². The number of nitrogens with zero attached hydrogens (tertiary/aromatic N) is 2. The van der Waals surface area contributed by atoms with Crippen LogP contribution in [0.1, 0.15) is 20.7 Å². The van der Waals surface area contributed by atoms with Crippen molar-refractivity contribution in [1.82, 2.24) is 9.80 Å². The first-order valence-electron chi connectivity index (χ1n) is 8.70. The second-order valence-corrected chi connectivity index (χ2v) is 6.88. The molecule has 1 fully saturated rings. The molecule has 0 aromatic heterocycles. The van der Waals surface area contributed by atoms with Crippen LogP contribution in [0.15, 0.2) is 42.5 Å². The molecule has 0 radical (unpaired) electrons. The van der Waals surface area contributed by atoms with E-state index in [9.17, 15) is 9.59 Å². The molecule has 7 heteroatoms. The zero-order chi connectivity index (χ0) is 19.4. The van der Waals surface area contributed by atoms with E-state index >= 15 is 0 Å². The third-order valence-electron chi connectivity index (χ3n) is 4.60. The van der Waals surface area contributed by atoms with Crippen molar-refractivity contribution in [3.8, 4) is 5.75 Å². The molecule has 0 saturated carbocycles. The molecule has 2 aromatic rings. The van der Waals surface area contributed by atoms with Gasteiger partial charge in [-0.1, -0.05) is 11.6 Å². The highest BCUT2D eigenvalue weighted by Crippen LogP contribution is 2.25. The molecule has 2 aromatic carbocycles. The van der Waals surface area contributed by atoms with E-state index in [0.717, 1.165) is 13.1 Å². The molecule has 0 atom stereocenters. The number of likely N-dealkylation sites (N-methyl/N-ethyl adjacent to an activating group) is 1. The van der Waals surface area contributed by atoms with Gasteiger partial charge in [0.15, 0.2) is 0 Å². The van der Waals surface area contributed by atoms with E-state index in [4.69, 9.17) is 16.3 Å². The maximum atomic E-state index is 12.7. The highest BCUT2D eigenvalue weighted by Gasteiger charge is 2.21. The lowest BCUT2D eigenvalue weighted by Crippen LogP contribution is -2.47. The molecule has 142 valence electrons. The number of methoxy groups -OCH3 is 1. The number of hydrogen-bond donors (Lipinski definition) is 1. The molecule has 3 rings (SSSR count). The first-order valence-corrected chi connectivity index (χ1v) is 9.08. The van der Waals surface area contributed by atoms with Crippen molar-refractivity contribution >= 4 is 29.1 Å². The van der Waals surface area contributed by atoms with Crippen LogP contribution < -0.4 is 10.1 Å². The molecule has 1 heterocycles. The van der Waals surface area contributed by atoms with Gasteiger partial charge < -0.3 is 19.9 Å². The molecule has 2 amide bonds. The Morgan fingerprint density at radius 1 is 1.00 bits per heavy atom. The van der Waals surface area contributed by atoms with Gasteiger partial charge in [-0.2, -0.15) is 0 Å². The maximum absolute atomic E-state index is 12.7. The zero-order valence-corrected chi connectivity index (χ0v) is 16.1. The number of ether oxygens (including phenoxy) is 1. The average molecular weight is 388 g/mol. The molecule has 6 nitrogen and oxygen atoms in total. The monoisotopic (exact) mass is 387 g/mol. The normalized spacial score (nSPS) is 14.7. The molecule has 1 N–H and O–H groups in total. The van der Waals surface area contributed by atoms with Crippen molar-refractivity contribution in [3.05, 3.63) is 58.6 Å². The fraction of sp³-hybridized carbons (Fsp3) is 0.300. The van der Waals surface area contributed by atoms with Crippen LogP contribution in [0.5, 0.6) is 5.75 Å². The lowest BCUT2D eigenvalue weighted by atomic mass is 10.1. The van der Waals surface area contributed by atoms with Gasteiger partial charge in [0.1, 0.15) is 5.75 Å². The number of halogens is 1. The van der Waals surface area contributed by atoms with E-state index in [0.29, 0.717) is 40.7 Å². The first-order chi connectivity index (χ1) is 13.0. The number of nitrogens with one attached hydrogen (secondary N) is 1. The maximum Gasteiger partial charge on any atom is 0.255 e. The summed E-state index contributed by atoms with van der Waals surface area (Å²) >= 11 is 6.22. The van der Waals surface area contributed by atoms with Crippen LogP contribution >= 0.6 is 11.6 Å². The lowest BCUT2D eigenvalue weighted by Gasteiger charge is -2.32. The number of carbonyl (C=O) groups is 2. The van der Waals surface area contributed by atoms with Gasteiger partial charge in [0, 0.05) is 37.3 Å². The largest absolute Gasteiger partial charge is 0.497 e. The van der Waals surface area contributed by atoms with Crippen LogP contribution in [0.2, 0.25) is 5.02 Å². The third-order valence-corrected chi connectivity index (χ3v) is 4.93. The summed E-state index contributed by atoms with van der Waals surface area (Å²) < 4.78 is 5.09. The molecule has 0 bridgehead atoms. The van der Waals surface area contributed by atoms with Gasteiger partial charge in [-0.15, -0.1) is 0 Å². The molecular weight excluding hydrogens is 366 g/mol. The van der Waals surface area contributed by atoms with E-state index in [-0.39, 0.29) is 11.8 Å². The summed E-state index contributed by atoms with van der Waals surface area (Å²) in [7, 11) is 3.61. The Balaban J connectivity index is 1.74. The smallest absolute Gasteiger partial charge is 0.255 e. The van der Waals surface area contributed by atoms with Crippen molar-refractivity contribution in [1.29, 1.82) is 0 Å². The fourth-order valence-electron chi connectivity index (χ4n) is 2.88. The van der Waals surface area contributed by atoms with Crippen LogP contribution in [0.25, 0.3) is 0 Å². The Kier molecular flexibility index (Phi) is 5.98. The van der Waals surface area contributed by atoms with Crippen molar-refractivity contribution in [2.24, 2.45) is 0 Å². The second kappa shape index (κ2) is 8.41. The minimum atomic E-state index is -0.302. The molecule has 1 aliphatic rings. The summed E-state index contributed by atoms with van der Waals surface area (Å²) in [6.07, 6.45) is 0. The quantitative estimate of drug-likeness (QED) is 0.876. The van der Waals surface area contributed by atoms with Crippen LogP contribution in [0.3, 0.4) is 0 Å². The molecule has 0 aliphatic carbocycles. The molecule has 27 heavy (non-hydrogen) atoms. The average Bonchev–Trinajstić information content (AvgIpc) is 2.69. The number of hydrogen-bond acceptors (Lipinski definition) is 4. The van der Waals surface area contributed by atoms with Crippen molar-refractivity contribution in [3.63, 3.8) is 0 Å². The minimum Gasteiger partial charge on any atom is -0.497 e. The Morgan fingerprint density at radius 2 is 1.63 bits per heavy atom. The summed E-state index contributed by atoms with van der Waals surface area (Å²) in [5.41, 5.74) is 1.40. The molecule has 0 unspecified atom stereocenters. The van der Waals surface area contributed by atoms with Gasteiger partial charge in [-0.3, -0.25) is 9.59 Å². The van der Waals surface area contributed by atoms with E-state index < -0.39 is 0 Å². The van der Waals surface area contributed by atoms with E-state index in [1.807, 2.05) is 11.9 Å². The summed E-state index contributed by atoms with van der Waals surface area (Å²) in [5.74, 6) is 0.313. The van der Waals surface area contributed by atoms with Gasteiger partial charge in [0.05, 0.1) is 17.8 Å². The van der Waals surface area contributed by atoms with Crippen molar-refractivity contribution < 1.29 is 14.3 Å². The Bertz CT molecular complexity index is 831. The summed E-state index contributed by atoms with van der Waals surface area (Å²) in [6, 6.07) is 11.7. The second-order valence-electron chi connectivity index (χ2n) is 6.47.